The quantitative estimate of drug-likeness (QED) is 0.683. The van der Waals surface area contributed by atoms with Gasteiger partial charge >= 0.3 is 0 Å². The smallest absolute Gasteiger partial charge is 0.226 e. The van der Waals surface area contributed by atoms with E-state index in [2.05, 4.69) is 47.2 Å². The van der Waals surface area contributed by atoms with Crippen LogP contribution >= 0.6 is 0 Å². The second-order valence-corrected chi connectivity index (χ2v) is 8.33. The first-order chi connectivity index (χ1) is 14.5. The van der Waals surface area contributed by atoms with Crippen LogP contribution in [0, 0.1) is 6.92 Å². The Morgan fingerprint density at radius 2 is 1.87 bits per heavy atom. The van der Waals surface area contributed by atoms with Crippen molar-refractivity contribution >= 4 is 11.6 Å². The van der Waals surface area contributed by atoms with Crippen molar-refractivity contribution in [2.75, 3.05) is 13.1 Å². The monoisotopic (exact) mass is 406 g/mol. The van der Waals surface area contributed by atoms with Crippen molar-refractivity contribution in [2.24, 2.45) is 0 Å². The summed E-state index contributed by atoms with van der Waals surface area (Å²) in [5.41, 5.74) is 5.20. The van der Waals surface area contributed by atoms with Crippen molar-refractivity contribution < 1.29 is 9.53 Å². The van der Waals surface area contributed by atoms with Crippen LogP contribution in [-0.4, -0.2) is 45.5 Å². The van der Waals surface area contributed by atoms with E-state index in [1.807, 2.05) is 41.9 Å². The van der Waals surface area contributed by atoms with Crippen molar-refractivity contribution in [3.05, 3.63) is 71.2 Å². The van der Waals surface area contributed by atoms with Gasteiger partial charge in [-0.2, -0.15) is 0 Å². The average molecular weight is 407 g/mol. The molecule has 3 aromatic rings. The summed E-state index contributed by atoms with van der Waals surface area (Å²) in [6.07, 6.45) is 4.66. The average Bonchev–Trinajstić information content (AvgIpc) is 3.10. The Hall–Kier alpha value is -2.70. The SMILES string of the molecule is Cc1cccn2cc(CC(=O)NCc3ccccc3CN3C[C@@H](C)O[C@@H](C)C3)nc12. The number of aryl methyl sites for hydroxylation is 1. The molecule has 0 spiro atoms. The fourth-order valence-corrected chi connectivity index (χ4v) is 4.25. The molecule has 2 aromatic heterocycles. The minimum absolute atomic E-state index is 0.0144. The van der Waals surface area contributed by atoms with Gasteiger partial charge in [-0.1, -0.05) is 30.3 Å². The normalized spacial score (nSPS) is 19.8. The van der Waals surface area contributed by atoms with Gasteiger partial charge in [0.2, 0.25) is 5.91 Å². The maximum Gasteiger partial charge on any atom is 0.226 e. The van der Waals surface area contributed by atoms with E-state index < -0.39 is 0 Å². The summed E-state index contributed by atoms with van der Waals surface area (Å²) in [7, 11) is 0. The fourth-order valence-electron chi connectivity index (χ4n) is 4.25. The first-order valence-electron chi connectivity index (χ1n) is 10.6. The van der Waals surface area contributed by atoms with Crippen LogP contribution in [0.15, 0.2) is 48.8 Å². The van der Waals surface area contributed by atoms with Crippen LogP contribution in [-0.2, 0) is 29.0 Å². The van der Waals surface area contributed by atoms with Gasteiger partial charge in [0.1, 0.15) is 5.65 Å². The molecular formula is C24H30N4O2. The molecule has 0 aliphatic carbocycles. The molecule has 6 heteroatoms. The highest BCUT2D eigenvalue weighted by Gasteiger charge is 2.22. The summed E-state index contributed by atoms with van der Waals surface area (Å²) >= 11 is 0. The molecule has 1 aromatic carbocycles. The summed E-state index contributed by atoms with van der Waals surface area (Å²) < 4.78 is 7.81. The zero-order chi connectivity index (χ0) is 21.1. The molecule has 6 nitrogen and oxygen atoms in total. The van der Waals surface area contributed by atoms with E-state index in [0.717, 1.165) is 42.1 Å². The summed E-state index contributed by atoms with van der Waals surface area (Å²) in [5.74, 6) is -0.0144. The summed E-state index contributed by atoms with van der Waals surface area (Å²) in [4.78, 5) is 19.6. The predicted octanol–water partition coefficient (Wildman–Crippen LogP) is 3.11. The number of ether oxygens (including phenoxy) is 1. The van der Waals surface area contributed by atoms with E-state index in [1.54, 1.807) is 0 Å². The lowest BCUT2D eigenvalue weighted by Crippen LogP contribution is -2.45. The van der Waals surface area contributed by atoms with Crippen molar-refractivity contribution in [2.45, 2.75) is 52.5 Å². The van der Waals surface area contributed by atoms with Crippen LogP contribution in [0.4, 0.5) is 0 Å². The molecule has 1 fully saturated rings. The second-order valence-electron chi connectivity index (χ2n) is 8.33. The molecule has 0 bridgehead atoms. The minimum Gasteiger partial charge on any atom is -0.373 e. The zero-order valence-corrected chi connectivity index (χ0v) is 18.0. The number of morpholine rings is 1. The Morgan fingerprint density at radius 3 is 2.60 bits per heavy atom. The van der Waals surface area contributed by atoms with Crippen LogP contribution in [0.3, 0.4) is 0 Å². The van der Waals surface area contributed by atoms with Crippen molar-refractivity contribution in [3.63, 3.8) is 0 Å². The number of hydrogen-bond donors (Lipinski definition) is 1. The first kappa shape index (κ1) is 20.6. The minimum atomic E-state index is -0.0144. The van der Waals surface area contributed by atoms with Gasteiger partial charge in [0, 0.05) is 38.6 Å². The number of amides is 1. The number of carbonyl (C=O) groups excluding carboxylic acids is 1. The second kappa shape index (κ2) is 8.98. The Bertz CT molecular complexity index is 1020. The van der Waals surface area contributed by atoms with Gasteiger partial charge in [0.25, 0.3) is 0 Å². The third-order valence-corrected chi connectivity index (χ3v) is 5.55. The maximum absolute atomic E-state index is 12.5. The molecular weight excluding hydrogens is 376 g/mol. The third-order valence-electron chi connectivity index (χ3n) is 5.55. The highest BCUT2D eigenvalue weighted by Crippen LogP contribution is 2.17. The van der Waals surface area contributed by atoms with E-state index >= 15 is 0 Å². The van der Waals surface area contributed by atoms with Gasteiger partial charge in [0.15, 0.2) is 0 Å². The molecule has 4 rings (SSSR count). The topological polar surface area (TPSA) is 58.9 Å². The van der Waals surface area contributed by atoms with Gasteiger partial charge < -0.3 is 14.5 Å². The molecule has 1 N–H and O–H groups in total. The highest BCUT2D eigenvalue weighted by atomic mass is 16.5. The lowest BCUT2D eigenvalue weighted by atomic mass is 10.1. The summed E-state index contributed by atoms with van der Waals surface area (Å²) in [6, 6.07) is 12.3. The van der Waals surface area contributed by atoms with E-state index in [0.29, 0.717) is 6.54 Å². The number of benzene rings is 1. The number of carbonyl (C=O) groups is 1. The third kappa shape index (κ3) is 4.89. The number of fused-ring (bicyclic) bond motifs is 1. The molecule has 0 radical (unpaired) electrons. The molecule has 1 saturated heterocycles. The zero-order valence-electron chi connectivity index (χ0n) is 18.0. The lowest BCUT2D eigenvalue weighted by molar-refractivity contribution is -0.120. The number of rotatable bonds is 6. The van der Waals surface area contributed by atoms with E-state index in [9.17, 15) is 4.79 Å². The standard InChI is InChI=1S/C24H30N4O2/c1-17-7-6-10-28-16-22(26-24(17)28)11-23(29)25-12-20-8-4-5-9-21(20)15-27-13-18(2)30-19(3)14-27/h4-10,16,18-19H,11-15H2,1-3H3,(H,25,29)/t18-,19+. The van der Waals surface area contributed by atoms with Gasteiger partial charge in [0.05, 0.1) is 24.3 Å². The molecule has 30 heavy (non-hydrogen) atoms. The number of imidazole rings is 1. The van der Waals surface area contributed by atoms with Crippen LogP contribution in [0.5, 0.6) is 0 Å². The van der Waals surface area contributed by atoms with Crippen molar-refractivity contribution in [1.82, 2.24) is 19.6 Å². The van der Waals surface area contributed by atoms with Gasteiger partial charge in [-0.15, -0.1) is 0 Å². The highest BCUT2D eigenvalue weighted by molar-refractivity contribution is 5.78. The maximum atomic E-state index is 12.5. The van der Waals surface area contributed by atoms with Crippen molar-refractivity contribution in [3.8, 4) is 0 Å². The number of hydrogen-bond acceptors (Lipinski definition) is 4. The molecule has 0 saturated carbocycles. The first-order valence-corrected chi connectivity index (χ1v) is 10.6. The summed E-state index contributed by atoms with van der Waals surface area (Å²) in [5, 5.41) is 3.07. The van der Waals surface area contributed by atoms with Crippen LogP contribution in [0.25, 0.3) is 5.65 Å². The molecule has 1 aliphatic rings. The van der Waals surface area contributed by atoms with Crippen LogP contribution in [0.1, 0.15) is 36.2 Å². The Morgan fingerprint density at radius 1 is 1.13 bits per heavy atom. The molecule has 1 aliphatic heterocycles. The number of aromatic nitrogens is 2. The van der Waals surface area contributed by atoms with Crippen LogP contribution < -0.4 is 5.32 Å². The predicted molar refractivity (Wildman–Crippen MR) is 117 cm³/mol. The summed E-state index contributed by atoms with van der Waals surface area (Å²) in [6.45, 7) is 9.52. The van der Waals surface area contributed by atoms with E-state index in [1.165, 1.54) is 5.56 Å². The van der Waals surface area contributed by atoms with Crippen LogP contribution in [0.2, 0.25) is 0 Å². The van der Waals surface area contributed by atoms with E-state index in [-0.39, 0.29) is 24.5 Å². The van der Waals surface area contributed by atoms with E-state index in [4.69, 9.17) is 4.74 Å². The largest absolute Gasteiger partial charge is 0.373 e. The molecule has 158 valence electrons. The Kier molecular flexibility index (Phi) is 6.16. The van der Waals surface area contributed by atoms with Gasteiger partial charge in [-0.05, 0) is 43.5 Å². The van der Waals surface area contributed by atoms with Gasteiger partial charge in [-0.25, -0.2) is 4.98 Å². The number of pyridine rings is 1. The number of nitrogens with zero attached hydrogens (tertiary/aromatic N) is 3. The van der Waals surface area contributed by atoms with Gasteiger partial charge in [-0.3, -0.25) is 9.69 Å². The molecule has 2 atom stereocenters. The lowest BCUT2D eigenvalue weighted by Gasteiger charge is -2.35. The Labute approximate surface area is 177 Å². The molecule has 3 heterocycles. The van der Waals surface area contributed by atoms with Crippen molar-refractivity contribution in [1.29, 1.82) is 0 Å². The molecule has 0 unspecified atom stereocenters. The molecule has 1 amide bonds. The number of nitrogens with one attached hydrogen (secondary N) is 1. The fraction of sp³-hybridized carbons (Fsp3) is 0.417. The Balaban J connectivity index is 1.37.